The van der Waals surface area contributed by atoms with Crippen molar-refractivity contribution >= 4 is 51.5 Å². The van der Waals surface area contributed by atoms with E-state index in [0.717, 1.165) is 34.4 Å². The molecule has 0 bridgehead atoms. The van der Waals surface area contributed by atoms with Gasteiger partial charge in [0, 0.05) is 23.8 Å². The van der Waals surface area contributed by atoms with Crippen LogP contribution in [0.1, 0.15) is 57.6 Å². The Morgan fingerprint density at radius 2 is 1.87 bits per heavy atom. The number of amides is 3. The Bertz CT molecular complexity index is 1500. The monoisotopic (exact) mass is 530 g/mol. The second-order valence-corrected chi connectivity index (χ2v) is 10.3. The summed E-state index contributed by atoms with van der Waals surface area (Å²) < 4.78 is 4.00. The van der Waals surface area contributed by atoms with E-state index in [2.05, 4.69) is 28.5 Å². The number of pyridine rings is 1. The second-order valence-electron chi connectivity index (χ2n) is 9.48. The van der Waals surface area contributed by atoms with Crippen molar-refractivity contribution in [3.8, 4) is 0 Å². The highest BCUT2D eigenvalue weighted by Crippen LogP contribution is 2.34. The number of aromatic nitrogens is 2. The number of nitrogens with one attached hydrogen (secondary N) is 1. The first-order valence-electron chi connectivity index (χ1n) is 12.2. The average Bonchev–Trinajstić information content (AvgIpc) is 3.27. The molecule has 1 atom stereocenters. The molecule has 0 fully saturated rings. The second kappa shape index (κ2) is 11.4. The molecule has 196 valence electrons. The summed E-state index contributed by atoms with van der Waals surface area (Å²) in [4.78, 5) is 45.6. The maximum Gasteiger partial charge on any atom is 0.273 e. The van der Waals surface area contributed by atoms with Crippen LogP contribution in [0.25, 0.3) is 10.9 Å². The van der Waals surface area contributed by atoms with E-state index >= 15 is 0 Å². The minimum Gasteiger partial charge on any atom is -0.395 e. The summed E-state index contributed by atoms with van der Waals surface area (Å²) in [7, 11) is 0. The molecule has 5 N–H and O–H groups in total. The number of aryl methyl sites for hydroxylation is 1. The third kappa shape index (κ3) is 5.65. The highest BCUT2D eigenvalue weighted by atomic mass is 32.1. The van der Waals surface area contributed by atoms with Crippen LogP contribution >= 0.6 is 11.5 Å². The van der Waals surface area contributed by atoms with E-state index in [1.807, 2.05) is 49.4 Å². The van der Waals surface area contributed by atoms with Crippen molar-refractivity contribution in [3.05, 3.63) is 82.5 Å². The molecule has 0 radical (unpaired) electrons. The van der Waals surface area contributed by atoms with E-state index in [1.54, 1.807) is 18.3 Å². The minimum atomic E-state index is -1.04. The lowest BCUT2D eigenvalue weighted by atomic mass is 9.99. The van der Waals surface area contributed by atoms with Crippen LogP contribution in [0, 0.1) is 12.8 Å². The summed E-state index contributed by atoms with van der Waals surface area (Å²) in [6.07, 6.45) is 2.48. The summed E-state index contributed by atoms with van der Waals surface area (Å²) in [6.45, 7) is 6.50. The maximum absolute atomic E-state index is 14.2. The van der Waals surface area contributed by atoms with Gasteiger partial charge in [0.25, 0.3) is 11.8 Å². The smallest absolute Gasteiger partial charge is 0.273 e. The van der Waals surface area contributed by atoms with Gasteiger partial charge >= 0.3 is 0 Å². The molecule has 2 heterocycles. The number of rotatable bonds is 9. The van der Waals surface area contributed by atoms with Gasteiger partial charge in [0.05, 0.1) is 11.2 Å². The number of benzene rings is 2. The van der Waals surface area contributed by atoms with Crippen LogP contribution in [0.2, 0.25) is 0 Å². The van der Waals surface area contributed by atoms with Gasteiger partial charge in [0.15, 0.2) is 5.69 Å². The summed E-state index contributed by atoms with van der Waals surface area (Å²) in [5.74, 6) is -1.35. The minimum absolute atomic E-state index is 0.0303. The van der Waals surface area contributed by atoms with Gasteiger partial charge < -0.3 is 16.8 Å². The molecule has 0 aliphatic heterocycles. The molecule has 10 heteroatoms. The molecule has 0 aliphatic carbocycles. The first-order chi connectivity index (χ1) is 18.2. The summed E-state index contributed by atoms with van der Waals surface area (Å²) in [5, 5.41) is 3.83. The summed E-state index contributed by atoms with van der Waals surface area (Å²) in [5.41, 5.74) is 14.0. The molecule has 4 aromatic rings. The van der Waals surface area contributed by atoms with Crippen LogP contribution in [-0.4, -0.2) is 33.6 Å². The van der Waals surface area contributed by atoms with Crippen molar-refractivity contribution in [1.82, 2.24) is 14.7 Å². The molecule has 0 spiro atoms. The number of fused-ring (bicyclic) bond motifs is 1. The van der Waals surface area contributed by atoms with Crippen LogP contribution in [0.15, 0.2) is 60.8 Å². The van der Waals surface area contributed by atoms with Gasteiger partial charge in [-0.05, 0) is 72.3 Å². The van der Waals surface area contributed by atoms with Crippen LogP contribution in [0.4, 0.5) is 11.4 Å². The normalized spacial score (nSPS) is 11.9. The first kappa shape index (κ1) is 26.7. The molecule has 38 heavy (non-hydrogen) atoms. The Morgan fingerprint density at radius 1 is 1.08 bits per heavy atom. The quantitative estimate of drug-likeness (QED) is 0.295. The molecule has 0 saturated carbocycles. The van der Waals surface area contributed by atoms with E-state index in [4.69, 9.17) is 11.5 Å². The van der Waals surface area contributed by atoms with Crippen LogP contribution in [0.3, 0.4) is 0 Å². The van der Waals surface area contributed by atoms with Gasteiger partial charge in [-0.2, -0.15) is 4.37 Å². The fraction of sp³-hybridized carbons (Fsp3) is 0.250. The van der Waals surface area contributed by atoms with Gasteiger partial charge in [0.2, 0.25) is 5.91 Å². The number of hydrogen-bond acceptors (Lipinski definition) is 7. The molecular formula is C28H30N6O3S. The zero-order chi connectivity index (χ0) is 27.4. The van der Waals surface area contributed by atoms with E-state index < -0.39 is 17.9 Å². The van der Waals surface area contributed by atoms with Gasteiger partial charge in [-0.15, -0.1) is 0 Å². The Balaban J connectivity index is 1.89. The predicted molar refractivity (Wildman–Crippen MR) is 150 cm³/mol. The van der Waals surface area contributed by atoms with Crippen LogP contribution in [0.5, 0.6) is 0 Å². The van der Waals surface area contributed by atoms with E-state index in [0.29, 0.717) is 23.7 Å². The molecule has 9 nitrogen and oxygen atoms in total. The Morgan fingerprint density at radius 3 is 2.55 bits per heavy atom. The van der Waals surface area contributed by atoms with Crippen LogP contribution < -0.4 is 21.7 Å². The number of carbonyl (C=O) groups is 3. The lowest BCUT2D eigenvalue weighted by Gasteiger charge is -2.31. The fourth-order valence-corrected chi connectivity index (χ4v) is 4.90. The third-order valence-corrected chi connectivity index (χ3v) is 6.98. The van der Waals surface area contributed by atoms with Crippen molar-refractivity contribution in [2.45, 2.75) is 33.2 Å². The molecular weight excluding hydrogens is 500 g/mol. The zero-order valence-electron chi connectivity index (χ0n) is 21.5. The predicted octanol–water partition coefficient (Wildman–Crippen LogP) is 4.23. The molecule has 0 aliphatic rings. The van der Waals surface area contributed by atoms with E-state index in [9.17, 15) is 14.4 Å². The highest BCUT2D eigenvalue weighted by Gasteiger charge is 2.36. The van der Waals surface area contributed by atoms with Crippen molar-refractivity contribution < 1.29 is 14.4 Å². The number of nitrogen functional groups attached to an aromatic ring is 1. The maximum atomic E-state index is 14.2. The fourth-order valence-electron chi connectivity index (χ4n) is 4.16. The largest absolute Gasteiger partial charge is 0.395 e. The number of hydrogen-bond donors (Lipinski definition) is 3. The SMILES string of the molecule is Cc1cccc(N(C(=O)c2snc(C(N)=O)c2N)[C@H](C(=O)NCCC(C)C)c2ccc3ncccc3c2)c1. The number of primary amides is 1. The van der Waals surface area contributed by atoms with Crippen molar-refractivity contribution in [1.29, 1.82) is 0 Å². The first-order valence-corrected chi connectivity index (χ1v) is 13.0. The average molecular weight is 531 g/mol. The van der Waals surface area contributed by atoms with Crippen molar-refractivity contribution in [2.75, 3.05) is 17.2 Å². The van der Waals surface area contributed by atoms with Crippen molar-refractivity contribution in [2.24, 2.45) is 11.7 Å². The van der Waals surface area contributed by atoms with Gasteiger partial charge in [-0.25, -0.2) is 0 Å². The number of anilines is 2. The standard InChI is InChI=1S/C28H30N6O3S/c1-16(2)11-13-32-27(36)24(19-9-10-21-18(15-19)7-5-12-31-21)34(20-8-4-6-17(3)14-20)28(37)25-22(29)23(26(30)35)33-38-25/h4-10,12,14-16,24H,11,13,29H2,1-3H3,(H2,30,35)(H,32,36)/t24-/m0/s1. The molecule has 3 amide bonds. The van der Waals surface area contributed by atoms with E-state index in [1.165, 1.54) is 4.90 Å². The third-order valence-electron chi connectivity index (χ3n) is 6.12. The Hall–Kier alpha value is -4.31. The van der Waals surface area contributed by atoms with Gasteiger partial charge in [-0.1, -0.05) is 38.1 Å². The topological polar surface area (TPSA) is 144 Å². The highest BCUT2D eigenvalue weighted by molar-refractivity contribution is 7.09. The van der Waals surface area contributed by atoms with E-state index in [-0.39, 0.29) is 22.2 Å². The summed E-state index contributed by atoms with van der Waals surface area (Å²) >= 11 is 0.780. The van der Waals surface area contributed by atoms with Gasteiger partial charge in [0.1, 0.15) is 10.9 Å². The molecule has 4 rings (SSSR count). The summed E-state index contributed by atoms with van der Waals surface area (Å²) in [6, 6.07) is 15.4. The zero-order valence-corrected chi connectivity index (χ0v) is 22.3. The van der Waals surface area contributed by atoms with Gasteiger partial charge in [-0.3, -0.25) is 24.3 Å². The van der Waals surface area contributed by atoms with Crippen molar-refractivity contribution in [3.63, 3.8) is 0 Å². The molecule has 2 aromatic heterocycles. The number of nitrogens with zero attached hydrogens (tertiary/aromatic N) is 3. The lowest BCUT2D eigenvalue weighted by molar-refractivity contribution is -0.122. The molecule has 2 aromatic carbocycles. The Kier molecular flexibility index (Phi) is 8.02. The molecule has 0 saturated heterocycles. The Labute approximate surface area is 225 Å². The van der Waals surface area contributed by atoms with Crippen LogP contribution in [-0.2, 0) is 4.79 Å². The number of carbonyl (C=O) groups excluding carboxylic acids is 3. The molecule has 0 unspecified atom stereocenters. The number of nitrogens with two attached hydrogens (primary N) is 2. The lowest BCUT2D eigenvalue weighted by Crippen LogP contribution is -2.44.